The van der Waals surface area contributed by atoms with E-state index in [4.69, 9.17) is 0 Å². The number of aromatic nitrogens is 2. The van der Waals surface area contributed by atoms with Crippen LogP contribution in [0.3, 0.4) is 0 Å². The van der Waals surface area contributed by atoms with Crippen LogP contribution in [0.25, 0.3) is 11.0 Å². The maximum atomic E-state index is 12.2. The molecule has 0 saturated heterocycles. The number of hydrogen-bond donors (Lipinski definition) is 0. The van der Waals surface area contributed by atoms with Gasteiger partial charge in [-0.2, -0.15) is 0 Å². The first-order valence-electron chi connectivity index (χ1n) is 7.04. The number of likely N-dealkylation sites (N-methyl/N-ethyl adjacent to an activating group) is 1. The van der Waals surface area contributed by atoms with E-state index in [1.807, 2.05) is 24.8 Å². The second-order valence-electron chi connectivity index (χ2n) is 5.27. The van der Waals surface area contributed by atoms with E-state index in [-0.39, 0.29) is 5.91 Å². The lowest BCUT2D eigenvalue weighted by atomic mass is 10.3. The SMILES string of the molecule is CCN(C(=O)/C=C/c1c(C)nc2sc(C)cn12)C1CC1. The fourth-order valence-electron chi connectivity index (χ4n) is 2.51. The van der Waals surface area contributed by atoms with Gasteiger partial charge in [-0.25, -0.2) is 4.98 Å². The molecule has 0 spiro atoms. The minimum Gasteiger partial charge on any atom is -0.336 e. The third kappa shape index (κ3) is 2.38. The van der Waals surface area contributed by atoms with Gasteiger partial charge in [0, 0.05) is 29.7 Å². The Morgan fingerprint density at radius 2 is 2.30 bits per heavy atom. The molecule has 20 heavy (non-hydrogen) atoms. The molecular formula is C15H19N3OS. The standard InChI is InChI=1S/C15H19N3OS/c1-4-17(12-5-6-12)14(19)8-7-13-11(3)16-15-18(13)9-10(2)20-15/h7-9,12H,4-6H2,1-3H3/b8-7+. The van der Waals surface area contributed by atoms with Crippen LogP contribution in [0, 0.1) is 13.8 Å². The van der Waals surface area contributed by atoms with Gasteiger partial charge in [0.25, 0.3) is 0 Å². The number of amides is 1. The van der Waals surface area contributed by atoms with Gasteiger partial charge >= 0.3 is 0 Å². The summed E-state index contributed by atoms with van der Waals surface area (Å²) in [5, 5.41) is 0. The van der Waals surface area contributed by atoms with E-state index in [1.54, 1.807) is 17.4 Å². The van der Waals surface area contributed by atoms with Crippen molar-refractivity contribution in [3.8, 4) is 0 Å². The first kappa shape index (κ1) is 13.4. The highest BCUT2D eigenvalue weighted by molar-refractivity contribution is 7.17. The number of imidazole rings is 1. The number of fused-ring (bicyclic) bond motifs is 1. The van der Waals surface area contributed by atoms with Crippen molar-refractivity contribution < 1.29 is 4.79 Å². The van der Waals surface area contributed by atoms with Gasteiger partial charge in [0.2, 0.25) is 5.91 Å². The number of carbonyl (C=O) groups excluding carboxylic acids is 1. The first-order valence-corrected chi connectivity index (χ1v) is 7.85. The highest BCUT2D eigenvalue weighted by atomic mass is 32.1. The molecular weight excluding hydrogens is 270 g/mol. The van der Waals surface area contributed by atoms with Gasteiger partial charge in [0.1, 0.15) is 0 Å². The number of aryl methyl sites for hydroxylation is 2. The van der Waals surface area contributed by atoms with Gasteiger partial charge in [-0.1, -0.05) is 0 Å². The molecule has 1 aliphatic carbocycles. The Hall–Kier alpha value is -1.62. The van der Waals surface area contributed by atoms with Crippen LogP contribution in [0.5, 0.6) is 0 Å². The summed E-state index contributed by atoms with van der Waals surface area (Å²) >= 11 is 1.67. The largest absolute Gasteiger partial charge is 0.336 e. The summed E-state index contributed by atoms with van der Waals surface area (Å²) in [6, 6.07) is 0.465. The normalized spacial score (nSPS) is 15.3. The lowest BCUT2D eigenvalue weighted by Gasteiger charge is -2.17. The summed E-state index contributed by atoms with van der Waals surface area (Å²) in [5.74, 6) is 0.108. The predicted octanol–water partition coefficient (Wildman–Crippen LogP) is 3.04. The minimum absolute atomic E-state index is 0.108. The van der Waals surface area contributed by atoms with Gasteiger partial charge in [-0.05, 0) is 39.7 Å². The van der Waals surface area contributed by atoms with Crippen LogP contribution in [0.4, 0.5) is 0 Å². The van der Waals surface area contributed by atoms with E-state index < -0.39 is 0 Å². The molecule has 1 amide bonds. The van der Waals surface area contributed by atoms with E-state index in [0.29, 0.717) is 6.04 Å². The fraction of sp³-hybridized carbons (Fsp3) is 0.467. The second kappa shape index (κ2) is 5.05. The highest BCUT2D eigenvalue weighted by Gasteiger charge is 2.30. The van der Waals surface area contributed by atoms with Gasteiger partial charge < -0.3 is 4.90 Å². The molecule has 4 nitrogen and oxygen atoms in total. The summed E-state index contributed by atoms with van der Waals surface area (Å²) in [4.78, 5) is 20.9. The summed E-state index contributed by atoms with van der Waals surface area (Å²) in [7, 11) is 0. The molecule has 5 heteroatoms. The van der Waals surface area contributed by atoms with Crippen molar-refractivity contribution in [2.45, 2.75) is 39.7 Å². The Bertz CT molecular complexity index is 679. The molecule has 3 rings (SSSR count). The predicted molar refractivity (Wildman–Crippen MR) is 82.0 cm³/mol. The van der Waals surface area contributed by atoms with Crippen molar-refractivity contribution in [3.63, 3.8) is 0 Å². The van der Waals surface area contributed by atoms with E-state index in [1.165, 1.54) is 4.88 Å². The van der Waals surface area contributed by atoms with Crippen LogP contribution in [0.1, 0.15) is 36.0 Å². The van der Waals surface area contributed by atoms with Gasteiger partial charge in [0.05, 0.1) is 11.4 Å². The van der Waals surface area contributed by atoms with E-state index in [0.717, 1.165) is 35.7 Å². The molecule has 1 saturated carbocycles. The fourth-order valence-corrected chi connectivity index (χ4v) is 3.39. The zero-order valence-corrected chi connectivity index (χ0v) is 12.9. The van der Waals surface area contributed by atoms with Crippen LogP contribution in [-0.2, 0) is 4.79 Å². The van der Waals surface area contributed by atoms with Crippen molar-refractivity contribution in [2.75, 3.05) is 6.54 Å². The Labute approximate surface area is 122 Å². The lowest BCUT2D eigenvalue weighted by molar-refractivity contribution is -0.126. The highest BCUT2D eigenvalue weighted by Crippen LogP contribution is 2.27. The number of rotatable bonds is 4. The molecule has 0 unspecified atom stereocenters. The molecule has 106 valence electrons. The smallest absolute Gasteiger partial charge is 0.246 e. The molecule has 0 aromatic carbocycles. The molecule has 2 heterocycles. The van der Waals surface area contributed by atoms with E-state index >= 15 is 0 Å². The first-order chi connectivity index (χ1) is 9.60. The molecule has 0 bridgehead atoms. The Balaban J connectivity index is 1.86. The van der Waals surface area contributed by atoms with Crippen molar-refractivity contribution in [1.82, 2.24) is 14.3 Å². The topological polar surface area (TPSA) is 37.6 Å². The molecule has 1 aliphatic rings. The minimum atomic E-state index is 0.108. The zero-order valence-electron chi connectivity index (χ0n) is 12.1. The third-order valence-electron chi connectivity index (χ3n) is 3.66. The summed E-state index contributed by atoms with van der Waals surface area (Å²) in [6.45, 7) is 6.87. The zero-order chi connectivity index (χ0) is 14.3. The average Bonchev–Trinajstić information content (AvgIpc) is 3.09. The Kier molecular flexibility index (Phi) is 3.38. The molecule has 0 radical (unpaired) electrons. The van der Waals surface area contributed by atoms with E-state index in [9.17, 15) is 4.79 Å². The Morgan fingerprint density at radius 1 is 1.55 bits per heavy atom. The maximum absolute atomic E-state index is 12.2. The van der Waals surface area contributed by atoms with Crippen LogP contribution in [0.2, 0.25) is 0 Å². The van der Waals surface area contributed by atoms with Crippen LogP contribution < -0.4 is 0 Å². The molecule has 0 N–H and O–H groups in total. The molecule has 2 aromatic rings. The number of hydrogen-bond acceptors (Lipinski definition) is 3. The van der Waals surface area contributed by atoms with Gasteiger partial charge in [-0.15, -0.1) is 11.3 Å². The van der Waals surface area contributed by atoms with Crippen LogP contribution in [-0.4, -0.2) is 32.8 Å². The van der Waals surface area contributed by atoms with Crippen molar-refractivity contribution in [1.29, 1.82) is 0 Å². The summed E-state index contributed by atoms with van der Waals surface area (Å²) < 4.78 is 2.06. The van der Waals surface area contributed by atoms with Gasteiger partial charge in [0.15, 0.2) is 4.96 Å². The monoisotopic (exact) mass is 289 g/mol. The van der Waals surface area contributed by atoms with Crippen LogP contribution in [0.15, 0.2) is 12.3 Å². The summed E-state index contributed by atoms with van der Waals surface area (Å²) in [6.07, 6.45) is 7.95. The van der Waals surface area contributed by atoms with Crippen molar-refractivity contribution >= 4 is 28.3 Å². The van der Waals surface area contributed by atoms with Crippen molar-refractivity contribution in [3.05, 3.63) is 28.5 Å². The average molecular weight is 289 g/mol. The molecule has 2 aromatic heterocycles. The lowest BCUT2D eigenvalue weighted by Crippen LogP contribution is -2.31. The second-order valence-corrected chi connectivity index (χ2v) is 6.48. The summed E-state index contributed by atoms with van der Waals surface area (Å²) in [5.41, 5.74) is 1.97. The van der Waals surface area contributed by atoms with E-state index in [2.05, 4.69) is 22.5 Å². The van der Waals surface area contributed by atoms with Gasteiger partial charge in [-0.3, -0.25) is 9.20 Å². The third-order valence-corrected chi connectivity index (χ3v) is 4.56. The molecule has 0 atom stereocenters. The quantitative estimate of drug-likeness (QED) is 0.811. The molecule has 1 fully saturated rings. The van der Waals surface area contributed by atoms with Crippen molar-refractivity contribution in [2.24, 2.45) is 0 Å². The Morgan fingerprint density at radius 3 is 2.95 bits per heavy atom. The maximum Gasteiger partial charge on any atom is 0.246 e. The number of carbonyl (C=O) groups is 1. The van der Waals surface area contributed by atoms with Crippen LogP contribution >= 0.6 is 11.3 Å². The number of thiazole rings is 1. The number of nitrogens with zero attached hydrogens (tertiary/aromatic N) is 3. The molecule has 0 aliphatic heterocycles.